The van der Waals surface area contributed by atoms with E-state index in [1.54, 1.807) is 6.92 Å². The van der Waals surface area contributed by atoms with Crippen LogP contribution < -0.4 is 11.1 Å². The molecule has 4 nitrogen and oxygen atoms in total. The Kier molecular flexibility index (Phi) is 5.31. The molecule has 2 amide bonds. The zero-order valence-corrected chi connectivity index (χ0v) is 12.6. The molecule has 2 atom stereocenters. The van der Waals surface area contributed by atoms with E-state index < -0.39 is 11.4 Å². The number of carbonyl (C=O) groups is 2. The van der Waals surface area contributed by atoms with Crippen LogP contribution in [0.15, 0.2) is 30.3 Å². The zero-order chi connectivity index (χ0) is 15.3. The summed E-state index contributed by atoms with van der Waals surface area (Å²) in [5, 5.41) is 2.81. The molecule has 0 saturated carbocycles. The fourth-order valence-corrected chi connectivity index (χ4v) is 2.30. The number of amides is 2. The molecule has 0 radical (unpaired) electrons. The number of benzene rings is 1. The number of primary amides is 1. The summed E-state index contributed by atoms with van der Waals surface area (Å²) < 4.78 is 0. The topological polar surface area (TPSA) is 72.2 Å². The third kappa shape index (κ3) is 4.08. The Balaban J connectivity index is 2.84. The van der Waals surface area contributed by atoms with E-state index in [2.05, 4.69) is 5.32 Å². The van der Waals surface area contributed by atoms with Crippen molar-refractivity contribution < 1.29 is 9.59 Å². The van der Waals surface area contributed by atoms with Crippen molar-refractivity contribution >= 4 is 11.8 Å². The van der Waals surface area contributed by atoms with Crippen molar-refractivity contribution in [2.45, 2.75) is 45.6 Å². The second kappa shape index (κ2) is 6.55. The summed E-state index contributed by atoms with van der Waals surface area (Å²) in [5.74, 6) is -0.736. The molecule has 0 aromatic heterocycles. The number of rotatable bonds is 6. The van der Waals surface area contributed by atoms with E-state index in [1.807, 2.05) is 51.1 Å². The molecule has 0 heterocycles. The van der Waals surface area contributed by atoms with Crippen molar-refractivity contribution in [2.24, 2.45) is 11.7 Å². The quantitative estimate of drug-likeness (QED) is 0.836. The van der Waals surface area contributed by atoms with E-state index >= 15 is 0 Å². The minimum Gasteiger partial charge on any atom is -0.368 e. The van der Waals surface area contributed by atoms with E-state index in [9.17, 15) is 9.59 Å². The van der Waals surface area contributed by atoms with Crippen LogP contribution in [0.1, 0.15) is 45.6 Å². The fourth-order valence-electron chi connectivity index (χ4n) is 2.30. The molecule has 0 unspecified atom stereocenters. The number of hydrogen-bond donors (Lipinski definition) is 2. The first-order valence-corrected chi connectivity index (χ1v) is 6.93. The Labute approximate surface area is 120 Å². The first kappa shape index (κ1) is 16.2. The predicted molar refractivity (Wildman–Crippen MR) is 80.1 cm³/mol. The van der Waals surface area contributed by atoms with Crippen LogP contribution in [0.25, 0.3) is 0 Å². The van der Waals surface area contributed by atoms with Crippen LogP contribution in [0.2, 0.25) is 0 Å². The maximum Gasteiger partial charge on any atom is 0.242 e. The van der Waals surface area contributed by atoms with Gasteiger partial charge in [0.15, 0.2) is 0 Å². The van der Waals surface area contributed by atoms with E-state index in [0.29, 0.717) is 6.42 Å². The zero-order valence-electron chi connectivity index (χ0n) is 12.6. The normalized spacial score (nSPS) is 15.4. The summed E-state index contributed by atoms with van der Waals surface area (Å²) in [4.78, 5) is 24.0. The lowest BCUT2D eigenvalue weighted by molar-refractivity contribution is -0.132. The molecule has 1 aromatic carbocycles. The molecule has 20 heavy (non-hydrogen) atoms. The molecule has 0 saturated heterocycles. The first-order chi connectivity index (χ1) is 9.26. The highest BCUT2D eigenvalue weighted by atomic mass is 16.2. The molecule has 0 aliphatic rings. The van der Waals surface area contributed by atoms with Crippen molar-refractivity contribution in [1.29, 1.82) is 0 Å². The van der Waals surface area contributed by atoms with Crippen LogP contribution in [-0.2, 0) is 9.59 Å². The van der Waals surface area contributed by atoms with Gasteiger partial charge >= 0.3 is 0 Å². The van der Waals surface area contributed by atoms with E-state index in [1.165, 1.54) is 0 Å². The predicted octanol–water partition coefficient (Wildman–Crippen LogP) is 2.20. The number of carbonyl (C=O) groups excluding carboxylic acids is 2. The van der Waals surface area contributed by atoms with Gasteiger partial charge in [-0.15, -0.1) is 0 Å². The largest absolute Gasteiger partial charge is 0.368 e. The van der Waals surface area contributed by atoms with Crippen LogP contribution in [-0.4, -0.2) is 17.4 Å². The van der Waals surface area contributed by atoms with Crippen molar-refractivity contribution in [3.63, 3.8) is 0 Å². The molecule has 3 N–H and O–H groups in total. The monoisotopic (exact) mass is 276 g/mol. The van der Waals surface area contributed by atoms with Gasteiger partial charge in [-0.05, 0) is 31.7 Å². The van der Waals surface area contributed by atoms with Gasteiger partial charge in [-0.2, -0.15) is 0 Å². The van der Waals surface area contributed by atoms with Crippen LogP contribution in [0.3, 0.4) is 0 Å². The smallest absolute Gasteiger partial charge is 0.242 e. The van der Waals surface area contributed by atoms with Crippen molar-refractivity contribution in [2.75, 3.05) is 0 Å². The maximum atomic E-state index is 12.3. The lowest BCUT2D eigenvalue weighted by Gasteiger charge is -2.30. The summed E-state index contributed by atoms with van der Waals surface area (Å²) in [7, 11) is 0. The molecule has 1 aromatic rings. The maximum absolute atomic E-state index is 12.3. The molecule has 0 spiro atoms. The lowest BCUT2D eigenvalue weighted by Crippen LogP contribution is -2.56. The Morgan fingerprint density at radius 3 is 2.20 bits per heavy atom. The van der Waals surface area contributed by atoms with Crippen molar-refractivity contribution in [1.82, 2.24) is 5.32 Å². The van der Waals surface area contributed by atoms with E-state index in [-0.39, 0.29) is 17.7 Å². The summed E-state index contributed by atoms with van der Waals surface area (Å²) in [6.45, 7) is 7.49. The first-order valence-electron chi connectivity index (χ1n) is 6.93. The summed E-state index contributed by atoms with van der Waals surface area (Å²) in [5.41, 5.74) is 5.36. The van der Waals surface area contributed by atoms with E-state index in [0.717, 1.165) is 5.56 Å². The molecule has 0 aliphatic heterocycles. The molecule has 110 valence electrons. The van der Waals surface area contributed by atoms with Crippen LogP contribution in [0.5, 0.6) is 0 Å². The average Bonchev–Trinajstić information content (AvgIpc) is 2.37. The van der Waals surface area contributed by atoms with Crippen molar-refractivity contribution in [3.8, 4) is 0 Å². The van der Waals surface area contributed by atoms with Gasteiger partial charge in [0, 0.05) is 0 Å². The molecule has 4 heteroatoms. The van der Waals surface area contributed by atoms with Gasteiger partial charge in [-0.3, -0.25) is 9.59 Å². The number of nitrogens with two attached hydrogens (primary N) is 1. The summed E-state index contributed by atoms with van der Waals surface area (Å²) in [6, 6.07) is 9.48. The second-order valence-corrected chi connectivity index (χ2v) is 5.92. The third-order valence-corrected chi connectivity index (χ3v) is 3.45. The van der Waals surface area contributed by atoms with Crippen LogP contribution in [0.4, 0.5) is 0 Å². The number of nitrogens with one attached hydrogen (secondary N) is 1. The molecule has 0 bridgehead atoms. The van der Waals surface area contributed by atoms with Gasteiger partial charge in [0.1, 0.15) is 5.54 Å². The highest BCUT2D eigenvalue weighted by Crippen LogP contribution is 2.20. The molecular formula is C16H24N2O2. The number of hydrogen-bond acceptors (Lipinski definition) is 2. The molecule has 0 fully saturated rings. The Morgan fingerprint density at radius 1 is 1.20 bits per heavy atom. The van der Waals surface area contributed by atoms with Crippen LogP contribution in [0, 0.1) is 5.92 Å². The standard InChI is InChI=1S/C16H24N2O2/c1-11(2)10-16(4,15(17)20)18-14(19)12(3)13-8-6-5-7-9-13/h5-9,11-12H,10H2,1-4H3,(H2,17,20)(H,18,19)/t12-,16-/m1/s1. The lowest BCUT2D eigenvalue weighted by atomic mass is 9.88. The van der Waals surface area contributed by atoms with Gasteiger partial charge in [0.25, 0.3) is 0 Å². The fraction of sp³-hybridized carbons (Fsp3) is 0.500. The summed E-state index contributed by atoms with van der Waals surface area (Å²) in [6.07, 6.45) is 0.523. The molecular weight excluding hydrogens is 252 g/mol. The molecule has 0 aliphatic carbocycles. The molecule has 1 rings (SSSR count). The second-order valence-electron chi connectivity index (χ2n) is 5.92. The minimum atomic E-state index is -1.01. The van der Waals surface area contributed by atoms with Gasteiger partial charge < -0.3 is 11.1 Å². The van der Waals surface area contributed by atoms with Gasteiger partial charge in [0.2, 0.25) is 11.8 Å². The van der Waals surface area contributed by atoms with Gasteiger partial charge in [-0.1, -0.05) is 44.2 Å². The van der Waals surface area contributed by atoms with Gasteiger partial charge in [0.05, 0.1) is 5.92 Å². The average molecular weight is 276 g/mol. The van der Waals surface area contributed by atoms with Crippen molar-refractivity contribution in [3.05, 3.63) is 35.9 Å². The van der Waals surface area contributed by atoms with E-state index in [4.69, 9.17) is 5.73 Å². The highest BCUT2D eigenvalue weighted by molar-refractivity contribution is 5.92. The third-order valence-electron chi connectivity index (χ3n) is 3.45. The highest BCUT2D eigenvalue weighted by Gasteiger charge is 2.34. The van der Waals surface area contributed by atoms with Crippen LogP contribution >= 0.6 is 0 Å². The Morgan fingerprint density at radius 2 is 1.75 bits per heavy atom. The Bertz CT molecular complexity index is 471. The summed E-state index contributed by atoms with van der Waals surface area (Å²) >= 11 is 0. The Hall–Kier alpha value is -1.84. The van der Waals surface area contributed by atoms with Gasteiger partial charge in [-0.25, -0.2) is 0 Å². The SMILES string of the molecule is CC(C)C[C@@](C)(NC(=O)[C@H](C)c1ccccc1)C(N)=O. The minimum absolute atomic E-state index is 0.182.